The molecule has 0 aliphatic carbocycles. The van der Waals surface area contributed by atoms with Crippen molar-refractivity contribution < 1.29 is 14.3 Å². The predicted molar refractivity (Wildman–Crippen MR) is 140 cm³/mol. The minimum Gasteiger partial charge on any atom is -0.374 e. The monoisotopic (exact) mass is 469 g/mol. The average Bonchev–Trinajstić information content (AvgIpc) is 2.92. The Hall–Kier alpha value is -3.21. The predicted octanol–water partition coefficient (Wildman–Crippen LogP) is 6.34. The highest BCUT2D eigenvalue weighted by Crippen LogP contribution is 2.34. The summed E-state index contributed by atoms with van der Waals surface area (Å²) in [6, 6.07) is 30.7. The summed E-state index contributed by atoms with van der Waals surface area (Å²) in [4.78, 5) is 15.3. The topological polar surface area (TPSA) is 38.8 Å². The van der Waals surface area contributed by atoms with Crippen LogP contribution in [0, 0.1) is 5.92 Å². The molecule has 0 N–H and O–H groups in total. The molecule has 1 heterocycles. The van der Waals surface area contributed by atoms with Crippen molar-refractivity contribution >= 4 is 5.78 Å². The van der Waals surface area contributed by atoms with Gasteiger partial charge >= 0.3 is 0 Å². The minimum atomic E-state index is -0.274. The maximum atomic E-state index is 13.0. The Bertz CT molecular complexity index is 1070. The third kappa shape index (κ3) is 6.47. The number of allylic oxidation sites excluding steroid dienone is 1. The van der Waals surface area contributed by atoms with E-state index in [9.17, 15) is 4.79 Å². The van der Waals surface area contributed by atoms with Gasteiger partial charge in [0.1, 0.15) is 6.10 Å². The molecular formula is C31H35NO3. The van der Waals surface area contributed by atoms with Gasteiger partial charge in [0.05, 0.1) is 31.9 Å². The molecule has 0 aromatic heterocycles. The highest BCUT2D eigenvalue weighted by Gasteiger charge is 2.41. The van der Waals surface area contributed by atoms with E-state index in [0.29, 0.717) is 19.8 Å². The summed E-state index contributed by atoms with van der Waals surface area (Å²) in [7, 11) is 0. The van der Waals surface area contributed by atoms with Crippen LogP contribution >= 0.6 is 0 Å². The molecule has 0 spiro atoms. The first-order chi connectivity index (χ1) is 17.2. The third-order valence-electron chi connectivity index (χ3n) is 6.78. The third-order valence-corrected chi connectivity index (χ3v) is 6.78. The van der Waals surface area contributed by atoms with Gasteiger partial charge in [0, 0.05) is 12.1 Å². The number of hydrogen-bond donors (Lipinski definition) is 0. The highest BCUT2D eigenvalue weighted by molar-refractivity contribution is 5.93. The van der Waals surface area contributed by atoms with Crippen LogP contribution in [0.2, 0.25) is 0 Å². The number of ether oxygens (including phenoxy) is 2. The molecule has 4 nitrogen and oxygen atoms in total. The summed E-state index contributed by atoms with van der Waals surface area (Å²) in [5.74, 6) is -0.00218. The van der Waals surface area contributed by atoms with Crippen molar-refractivity contribution in [3.63, 3.8) is 0 Å². The Morgan fingerprint density at radius 1 is 0.829 bits per heavy atom. The van der Waals surface area contributed by atoms with Crippen molar-refractivity contribution in [2.75, 3.05) is 6.61 Å². The molecule has 0 saturated heterocycles. The van der Waals surface area contributed by atoms with Crippen LogP contribution in [0.3, 0.4) is 0 Å². The fraction of sp³-hybridized carbons (Fsp3) is 0.323. The van der Waals surface area contributed by atoms with Gasteiger partial charge in [0.25, 0.3) is 0 Å². The number of hydrogen-bond acceptors (Lipinski definition) is 4. The van der Waals surface area contributed by atoms with Gasteiger partial charge in [0.15, 0.2) is 5.78 Å². The molecule has 35 heavy (non-hydrogen) atoms. The number of carbonyl (C=O) groups excluding carboxylic acids is 1. The van der Waals surface area contributed by atoms with Crippen LogP contribution in [0.25, 0.3) is 0 Å². The van der Waals surface area contributed by atoms with Crippen molar-refractivity contribution in [2.24, 2.45) is 5.92 Å². The zero-order valence-electron chi connectivity index (χ0n) is 20.6. The van der Waals surface area contributed by atoms with Gasteiger partial charge in [-0.05, 0) is 36.1 Å². The standard InChI is InChI=1S/C31H35NO3/c1-3-28-29(33)19-20-32(24(2)27-17-11-6-12-18-27)31(28)30(35-22-26-15-9-5-10-16-26)23-34-21-25-13-7-4-8-14-25/h4-20,24,28,30-31H,3,21-23H2,1-2H3/t24-,28+,30+,31+/m0/s1. The molecule has 0 bridgehead atoms. The summed E-state index contributed by atoms with van der Waals surface area (Å²) in [5.41, 5.74) is 3.43. The van der Waals surface area contributed by atoms with Crippen LogP contribution in [0.15, 0.2) is 103 Å². The van der Waals surface area contributed by atoms with E-state index in [0.717, 1.165) is 17.5 Å². The number of benzene rings is 3. The first-order valence-corrected chi connectivity index (χ1v) is 12.5. The second kappa shape index (κ2) is 12.5. The van der Waals surface area contributed by atoms with E-state index in [1.165, 1.54) is 5.56 Å². The van der Waals surface area contributed by atoms with E-state index in [1.807, 2.05) is 48.7 Å². The minimum absolute atomic E-state index is 0.0940. The molecular weight excluding hydrogens is 434 g/mol. The Labute approximate surface area is 209 Å². The molecule has 1 aliphatic rings. The maximum Gasteiger partial charge on any atom is 0.162 e. The lowest BCUT2D eigenvalue weighted by molar-refractivity contribution is -0.130. The first kappa shape index (κ1) is 24.9. The van der Waals surface area contributed by atoms with Gasteiger partial charge in [-0.3, -0.25) is 4.79 Å². The number of nitrogens with zero attached hydrogens (tertiary/aromatic N) is 1. The van der Waals surface area contributed by atoms with Crippen LogP contribution in [0.1, 0.15) is 43.0 Å². The molecule has 4 rings (SSSR count). The molecule has 4 atom stereocenters. The van der Waals surface area contributed by atoms with Crippen LogP contribution in [0.5, 0.6) is 0 Å². The quantitative estimate of drug-likeness (QED) is 0.328. The van der Waals surface area contributed by atoms with Crippen LogP contribution < -0.4 is 0 Å². The second-order valence-electron chi connectivity index (χ2n) is 9.09. The largest absolute Gasteiger partial charge is 0.374 e. The molecule has 182 valence electrons. The van der Waals surface area contributed by atoms with Gasteiger partial charge < -0.3 is 14.4 Å². The summed E-state index contributed by atoms with van der Waals surface area (Å²) in [6.07, 6.45) is 4.15. The molecule has 0 fully saturated rings. The summed E-state index contributed by atoms with van der Waals surface area (Å²) >= 11 is 0. The SMILES string of the molecule is CC[C@@H]1C(=O)C=CN([C@@H](C)c2ccccc2)[C@H]1[C@@H](COCc1ccccc1)OCc1ccccc1. The molecule has 0 amide bonds. The fourth-order valence-electron chi connectivity index (χ4n) is 4.83. The molecule has 0 radical (unpaired) electrons. The molecule has 3 aromatic rings. The lowest BCUT2D eigenvalue weighted by Crippen LogP contribution is -2.53. The Kier molecular flexibility index (Phi) is 8.88. The van der Waals surface area contributed by atoms with E-state index in [1.54, 1.807) is 6.08 Å². The number of rotatable bonds is 11. The Balaban J connectivity index is 1.60. The van der Waals surface area contributed by atoms with E-state index in [2.05, 4.69) is 67.3 Å². The smallest absolute Gasteiger partial charge is 0.162 e. The number of ketones is 1. The molecule has 0 unspecified atom stereocenters. The van der Waals surface area contributed by atoms with E-state index < -0.39 is 0 Å². The normalized spacial score (nSPS) is 19.5. The lowest BCUT2D eigenvalue weighted by atomic mass is 9.84. The molecule has 4 heteroatoms. The van der Waals surface area contributed by atoms with Gasteiger partial charge in [-0.2, -0.15) is 0 Å². The second-order valence-corrected chi connectivity index (χ2v) is 9.09. The molecule has 1 aliphatic heterocycles. The van der Waals surface area contributed by atoms with Crippen molar-refractivity contribution in [1.29, 1.82) is 0 Å². The van der Waals surface area contributed by atoms with Crippen LogP contribution in [0.4, 0.5) is 0 Å². The van der Waals surface area contributed by atoms with Crippen LogP contribution in [-0.2, 0) is 27.5 Å². The van der Waals surface area contributed by atoms with Gasteiger partial charge in [-0.25, -0.2) is 0 Å². The van der Waals surface area contributed by atoms with Crippen LogP contribution in [-0.4, -0.2) is 29.4 Å². The average molecular weight is 470 g/mol. The highest BCUT2D eigenvalue weighted by atomic mass is 16.5. The lowest BCUT2D eigenvalue weighted by Gasteiger charge is -2.45. The summed E-state index contributed by atoms with van der Waals surface area (Å²) < 4.78 is 12.7. The Morgan fingerprint density at radius 2 is 1.40 bits per heavy atom. The fourth-order valence-corrected chi connectivity index (χ4v) is 4.83. The zero-order valence-corrected chi connectivity index (χ0v) is 20.6. The van der Waals surface area contributed by atoms with Gasteiger partial charge in [-0.15, -0.1) is 0 Å². The van der Waals surface area contributed by atoms with Crippen molar-refractivity contribution in [3.05, 3.63) is 120 Å². The van der Waals surface area contributed by atoms with Gasteiger partial charge in [-0.1, -0.05) is 97.9 Å². The Morgan fingerprint density at radius 3 is 2.00 bits per heavy atom. The summed E-state index contributed by atoms with van der Waals surface area (Å²) in [5, 5.41) is 0. The molecule has 0 saturated carbocycles. The zero-order chi connectivity index (χ0) is 24.5. The maximum absolute atomic E-state index is 13.0. The van der Waals surface area contributed by atoms with Crippen molar-refractivity contribution in [2.45, 2.75) is 51.7 Å². The van der Waals surface area contributed by atoms with E-state index in [-0.39, 0.29) is 29.9 Å². The van der Waals surface area contributed by atoms with Crippen molar-refractivity contribution in [1.82, 2.24) is 4.90 Å². The van der Waals surface area contributed by atoms with E-state index >= 15 is 0 Å². The summed E-state index contributed by atoms with van der Waals surface area (Å²) in [6.45, 7) is 5.65. The van der Waals surface area contributed by atoms with E-state index in [4.69, 9.17) is 9.47 Å². The molecule has 3 aromatic carbocycles. The van der Waals surface area contributed by atoms with Crippen molar-refractivity contribution in [3.8, 4) is 0 Å². The first-order valence-electron chi connectivity index (χ1n) is 12.5. The number of carbonyl (C=O) groups is 1. The van der Waals surface area contributed by atoms with Gasteiger partial charge in [0.2, 0.25) is 0 Å².